The first-order valence-electron chi connectivity index (χ1n) is 6.34. The van der Waals surface area contributed by atoms with Crippen LogP contribution in [0.3, 0.4) is 0 Å². The van der Waals surface area contributed by atoms with Crippen molar-refractivity contribution in [2.24, 2.45) is 0 Å². The van der Waals surface area contributed by atoms with Crippen molar-refractivity contribution in [2.75, 3.05) is 13.2 Å². The topological polar surface area (TPSA) is 47.1 Å². The molecule has 0 unspecified atom stereocenters. The van der Waals surface area contributed by atoms with Crippen LogP contribution in [0.4, 0.5) is 0 Å². The number of benzene rings is 1. The van der Waals surface area contributed by atoms with Crippen molar-refractivity contribution in [2.45, 2.75) is 6.42 Å². The van der Waals surface area contributed by atoms with Gasteiger partial charge in [0.05, 0.1) is 29.1 Å². The lowest BCUT2D eigenvalue weighted by atomic mass is 10.3. The number of hydrogen-bond acceptors (Lipinski definition) is 4. The number of thiophene rings is 1. The molecule has 2 aromatic heterocycles. The summed E-state index contributed by atoms with van der Waals surface area (Å²) >= 11 is 5.19. The maximum Gasteiger partial charge on any atom is 0.163 e. The van der Waals surface area contributed by atoms with E-state index >= 15 is 0 Å². The first-order valence-corrected chi connectivity index (χ1v) is 8.01. The summed E-state index contributed by atoms with van der Waals surface area (Å²) in [6, 6.07) is 5.93. The normalized spacial score (nSPS) is 14.4. The van der Waals surface area contributed by atoms with Gasteiger partial charge in [-0.05, 0) is 27.4 Å². The number of hydrogen-bond donors (Lipinski definition) is 1. The van der Waals surface area contributed by atoms with E-state index in [0.29, 0.717) is 13.2 Å². The largest absolute Gasteiger partial charge is 0.489 e. The summed E-state index contributed by atoms with van der Waals surface area (Å²) in [5.41, 5.74) is 1.86. The summed E-state index contributed by atoms with van der Waals surface area (Å²) in [7, 11) is 0. The van der Waals surface area contributed by atoms with E-state index < -0.39 is 0 Å². The highest BCUT2D eigenvalue weighted by Gasteiger charge is 2.15. The lowest BCUT2D eigenvalue weighted by Gasteiger charge is -2.05. The van der Waals surface area contributed by atoms with E-state index in [2.05, 4.69) is 25.9 Å². The molecule has 4 rings (SSSR count). The minimum Gasteiger partial charge on any atom is -0.489 e. The summed E-state index contributed by atoms with van der Waals surface area (Å²) in [6.07, 6.45) is 0.906. The first-order chi connectivity index (χ1) is 9.81. The summed E-state index contributed by atoms with van der Waals surface area (Å²) in [4.78, 5) is 9.08. The number of imidazole rings is 1. The fourth-order valence-corrected chi connectivity index (χ4v) is 3.74. The van der Waals surface area contributed by atoms with Crippen LogP contribution in [-0.4, -0.2) is 23.2 Å². The number of aromatic amines is 1. The van der Waals surface area contributed by atoms with Crippen molar-refractivity contribution in [1.82, 2.24) is 9.97 Å². The molecule has 20 heavy (non-hydrogen) atoms. The van der Waals surface area contributed by atoms with Crippen molar-refractivity contribution in [1.29, 1.82) is 0 Å². The second-order valence-corrected chi connectivity index (χ2v) is 6.32. The molecular weight excluding hydrogens is 340 g/mol. The predicted molar refractivity (Wildman–Crippen MR) is 82.7 cm³/mol. The second-order valence-electron chi connectivity index (χ2n) is 4.55. The van der Waals surface area contributed by atoms with Crippen LogP contribution >= 0.6 is 27.3 Å². The van der Waals surface area contributed by atoms with Crippen molar-refractivity contribution in [3.63, 3.8) is 0 Å². The van der Waals surface area contributed by atoms with Crippen LogP contribution in [0.25, 0.3) is 21.7 Å². The fraction of sp³-hybridized carbons (Fsp3) is 0.214. The molecule has 0 saturated heterocycles. The average molecular weight is 351 g/mol. The van der Waals surface area contributed by atoms with E-state index in [4.69, 9.17) is 9.47 Å². The van der Waals surface area contributed by atoms with Gasteiger partial charge in [0.25, 0.3) is 0 Å². The third-order valence-corrected chi connectivity index (χ3v) is 5.03. The monoisotopic (exact) mass is 350 g/mol. The summed E-state index contributed by atoms with van der Waals surface area (Å²) < 4.78 is 12.4. The van der Waals surface area contributed by atoms with E-state index in [-0.39, 0.29) is 0 Å². The molecular formula is C14H11BrN2O2S. The van der Waals surface area contributed by atoms with Gasteiger partial charge in [0.15, 0.2) is 11.5 Å². The van der Waals surface area contributed by atoms with Crippen molar-refractivity contribution >= 4 is 38.3 Å². The molecule has 0 atom stereocenters. The Morgan fingerprint density at radius 3 is 2.75 bits per heavy atom. The molecule has 0 radical (unpaired) electrons. The van der Waals surface area contributed by atoms with E-state index in [1.807, 2.05) is 23.6 Å². The molecule has 102 valence electrons. The maximum atomic E-state index is 5.70. The Morgan fingerprint density at radius 2 is 2.00 bits per heavy atom. The quantitative estimate of drug-likeness (QED) is 0.714. The van der Waals surface area contributed by atoms with Gasteiger partial charge in [0.2, 0.25) is 0 Å². The Balaban J connectivity index is 1.86. The molecule has 4 nitrogen and oxygen atoms in total. The molecule has 3 heterocycles. The minimum atomic E-state index is 0.687. The van der Waals surface area contributed by atoms with Crippen LogP contribution < -0.4 is 9.47 Å². The van der Waals surface area contributed by atoms with E-state index in [0.717, 1.165) is 44.1 Å². The van der Waals surface area contributed by atoms with Gasteiger partial charge in [-0.1, -0.05) is 0 Å². The van der Waals surface area contributed by atoms with Gasteiger partial charge in [-0.25, -0.2) is 4.98 Å². The van der Waals surface area contributed by atoms with Gasteiger partial charge in [-0.2, -0.15) is 0 Å². The summed E-state index contributed by atoms with van der Waals surface area (Å²) in [5.74, 6) is 2.43. The molecule has 1 N–H and O–H groups in total. The standard InChI is InChI=1S/C14H11BrN2O2S/c15-8-2-5-20-13(8)14-16-9-6-11-12(7-10(9)17-14)19-4-1-3-18-11/h2,5-7H,1,3-4H2,(H,16,17). The number of H-pyrrole nitrogens is 1. The molecule has 1 aliphatic rings. The minimum absolute atomic E-state index is 0.687. The van der Waals surface area contributed by atoms with E-state index in [1.165, 1.54) is 0 Å². The number of ether oxygens (including phenoxy) is 2. The maximum absolute atomic E-state index is 5.70. The summed E-state index contributed by atoms with van der Waals surface area (Å²) in [5, 5.41) is 2.04. The Labute approximate surface area is 127 Å². The van der Waals surface area contributed by atoms with Crippen molar-refractivity contribution < 1.29 is 9.47 Å². The van der Waals surface area contributed by atoms with Crippen LogP contribution in [0.15, 0.2) is 28.1 Å². The van der Waals surface area contributed by atoms with Gasteiger partial charge in [0, 0.05) is 23.0 Å². The zero-order valence-corrected chi connectivity index (χ0v) is 12.9. The molecule has 0 spiro atoms. The lowest BCUT2D eigenvalue weighted by Crippen LogP contribution is -1.97. The van der Waals surface area contributed by atoms with E-state index in [1.54, 1.807) is 11.3 Å². The smallest absolute Gasteiger partial charge is 0.163 e. The molecule has 0 aliphatic carbocycles. The predicted octanol–water partition coefficient (Wildman–Crippen LogP) is 4.22. The van der Waals surface area contributed by atoms with E-state index in [9.17, 15) is 0 Å². The van der Waals surface area contributed by atoms with Crippen molar-refractivity contribution in [3.8, 4) is 22.2 Å². The number of aromatic nitrogens is 2. The number of fused-ring (bicyclic) bond motifs is 2. The van der Waals surface area contributed by atoms with Crippen molar-refractivity contribution in [3.05, 3.63) is 28.1 Å². The molecule has 1 aromatic carbocycles. The lowest BCUT2D eigenvalue weighted by molar-refractivity contribution is 0.297. The number of halogens is 1. The zero-order valence-electron chi connectivity index (χ0n) is 10.5. The highest BCUT2D eigenvalue weighted by Crippen LogP contribution is 2.37. The molecule has 3 aromatic rings. The Bertz CT molecular complexity index is 738. The van der Waals surface area contributed by atoms with Gasteiger partial charge in [-0.15, -0.1) is 11.3 Å². The highest BCUT2D eigenvalue weighted by molar-refractivity contribution is 9.10. The molecule has 0 saturated carbocycles. The SMILES string of the molecule is Brc1ccsc1-c1nc2cc3c(cc2[nH]1)OCCCO3. The Kier molecular flexibility index (Phi) is 2.93. The molecule has 0 amide bonds. The highest BCUT2D eigenvalue weighted by atomic mass is 79.9. The molecule has 0 bridgehead atoms. The fourth-order valence-electron chi connectivity index (χ4n) is 2.24. The Morgan fingerprint density at radius 1 is 1.20 bits per heavy atom. The number of nitrogens with zero attached hydrogens (tertiary/aromatic N) is 1. The van der Waals surface area contributed by atoms with Crippen LogP contribution in [-0.2, 0) is 0 Å². The number of nitrogens with one attached hydrogen (secondary N) is 1. The number of rotatable bonds is 1. The molecule has 0 fully saturated rings. The summed E-state index contributed by atoms with van der Waals surface area (Å²) in [6.45, 7) is 1.38. The van der Waals surface area contributed by atoms with Gasteiger partial charge in [-0.3, -0.25) is 0 Å². The zero-order chi connectivity index (χ0) is 13.5. The van der Waals surface area contributed by atoms with Crippen LogP contribution in [0.2, 0.25) is 0 Å². The van der Waals surface area contributed by atoms with Crippen LogP contribution in [0, 0.1) is 0 Å². The van der Waals surface area contributed by atoms with Crippen LogP contribution in [0.5, 0.6) is 11.5 Å². The first kappa shape index (κ1) is 12.2. The van der Waals surface area contributed by atoms with Crippen LogP contribution in [0.1, 0.15) is 6.42 Å². The average Bonchev–Trinajstić information content (AvgIpc) is 2.96. The molecule has 6 heteroatoms. The van der Waals surface area contributed by atoms with Gasteiger partial charge < -0.3 is 14.5 Å². The third kappa shape index (κ3) is 1.99. The third-order valence-electron chi connectivity index (χ3n) is 3.18. The Hall–Kier alpha value is -1.53. The molecule has 1 aliphatic heterocycles. The van der Waals surface area contributed by atoms with Gasteiger partial charge in [0.1, 0.15) is 5.82 Å². The second kappa shape index (κ2) is 4.79. The van der Waals surface area contributed by atoms with Gasteiger partial charge >= 0.3 is 0 Å².